The highest BCUT2D eigenvalue weighted by Crippen LogP contribution is 2.07. The van der Waals surface area contributed by atoms with E-state index in [1.54, 1.807) is 0 Å². The van der Waals surface area contributed by atoms with Crippen LogP contribution in [0.25, 0.3) is 0 Å². The van der Waals surface area contributed by atoms with Crippen LogP contribution in [-0.4, -0.2) is 26.4 Å². The molecular weight excluding hydrogens is 188 g/mol. The summed E-state index contributed by atoms with van der Waals surface area (Å²) in [6.45, 7) is 3.29. The molecule has 0 amide bonds. The molecule has 0 bridgehead atoms. The molecule has 0 spiro atoms. The molecule has 88 valence electrons. The maximum atomic E-state index is 5.47. The molecule has 0 aliphatic carbocycles. The Morgan fingerprint density at radius 1 is 0.533 bits per heavy atom. The zero-order chi connectivity index (χ0) is 10.6. The van der Waals surface area contributed by atoms with Gasteiger partial charge in [0.2, 0.25) is 0 Å². The van der Waals surface area contributed by atoms with Crippen LogP contribution in [0.15, 0.2) is 12.2 Å². The van der Waals surface area contributed by atoms with E-state index in [1.165, 1.54) is 44.9 Å². The fraction of sp³-hybridized carbons (Fsp3) is 0.846. The van der Waals surface area contributed by atoms with Gasteiger partial charge in [0.05, 0.1) is 13.2 Å². The Morgan fingerprint density at radius 2 is 0.933 bits per heavy atom. The minimum atomic E-state index is 0.739. The summed E-state index contributed by atoms with van der Waals surface area (Å²) in [7, 11) is 0. The van der Waals surface area contributed by atoms with Crippen LogP contribution in [0.5, 0.6) is 0 Å². The van der Waals surface area contributed by atoms with Gasteiger partial charge in [0.1, 0.15) is 0 Å². The second kappa shape index (κ2) is 10.2. The zero-order valence-electron chi connectivity index (χ0n) is 9.75. The second-order valence-electron chi connectivity index (χ2n) is 4.10. The molecule has 15 heavy (non-hydrogen) atoms. The van der Waals surface area contributed by atoms with Crippen LogP contribution in [0.2, 0.25) is 0 Å². The monoisotopic (exact) mass is 212 g/mol. The molecule has 0 saturated carbocycles. The quantitative estimate of drug-likeness (QED) is 0.573. The van der Waals surface area contributed by atoms with Crippen molar-refractivity contribution in [2.24, 2.45) is 0 Å². The minimum Gasteiger partial charge on any atom is -0.377 e. The van der Waals surface area contributed by atoms with Gasteiger partial charge in [0, 0.05) is 13.2 Å². The topological polar surface area (TPSA) is 18.5 Å². The molecule has 2 nitrogen and oxygen atoms in total. The molecule has 0 aromatic carbocycles. The lowest BCUT2D eigenvalue weighted by Crippen LogP contribution is -1.96. The van der Waals surface area contributed by atoms with E-state index in [0.29, 0.717) is 0 Å². The van der Waals surface area contributed by atoms with Gasteiger partial charge in [-0.3, -0.25) is 0 Å². The largest absolute Gasteiger partial charge is 0.377 e. The lowest BCUT2D eigenvalue weighted by molar-refractivity contribution is 0.150. The van der Waals surface area contributed by atoms with Crippen molar-refractivity contribution in [2.75, 3.05) is 26.4 Å². The van der Waals surface area contributed by atoms with E-state index in [9.17, 15) is 0 Å². The molecule has 0 N–H and O–H groups in total. The van der Waals surface area contributed by atoms with Gasteiger partial charge in [-0.25, -0.2) is 0 Å². The first-order chi connectivity index (χ1) is 7.50. The van der Waals surface area contributed by atoms with Crippen LogP contribution in [0, 0.1) is 0 Å². The van der Waals surface area contributed by atoms with Crippen LogP contribution in [0.4, 0.5) is 0 Å². The van der Waals surface area contributed by atoms with Gasteiger partial charge in [-0.05, 0) is 12.8 Å². The SMILES string of the molecule is C1=C/COCCCCCCCCCOC/1. The highest BCUT2D eigenvalue weighted by atomic mass is 16.5. The average Bonchev–Trinajstić information content (AvgIpc) is 2.27. The summed E-state index contributed by atoms with van der Waals surface area (Å²) in [6, 6.07) is 0. The Bertz CT molecular complexity index is 139. The predicted octanol–water partition coefficient (Wildman–Crippen LogP) is 3.32. The Hall–Kier alpha value is -0.340. The van der Waals surface area contributed by atoms with Crippen LogP contribution in [0.1, 0.15) is 44.9 Å². The molecule has 0 unspecified atom stereocenters. The highest BCUT2D eigenvalue weighted by molar-refractivity contribution is 4.81. The first kappa shape index (κ1) is 12.7. The molecule has 0 aromatic heterocycles. The van der Waals surface area contributed by atoms with Gasteiger partial charge >= 0.3 is 0 Å². The molecular formula is C13H24O2. The third-order valence-electron chi connectivity index (χ3n) is 2.67. The zero-order valence-corrected chi connectivity index (χ0v) is 9.75. The fourth-order valence-corrected chi connectivity index (χ4v) is 1.73. The first-order valence-corrected chi connectivity index (χ1v) is 6.30. The van der Waals surface area contributed by atoms with Crippen molar-refractivity contribution in [1.29, 1.82) is 0 Å². The van der Waals surface area contributed by atoms with Gasteiger partial charge in [-0.1, -0.05) is 44.3 Å². The number of hydrogen-bond donors (Lipinski definition) is 0. The lowest BCUT2D eigenvalue weighted by atomic mass is 10.1. The number of ether oxygens (including phenoxy) is 2. The third kappa shape index (κ3) is 8.64. The molecule has 1 heterocycles. The fourth-order valence-electron chi connectivity index (χ4n) is 1.73. The van der Waals surface area contributed by atoms with E-state index in [1.807, 2.05) is 0 Å². The van der Waals surface area contributed by atoms with Gasteiger partial charge in [0.25, 0.3) is 0 Å². The molecule has 1 aliphatic rings. The third-order valence-corrected chi connectivity index (χ3v) is 2.67. The van der Waals surface area contributed by atoms with Crippen molar-refractivity contribution in [3.8, 4) is 0 Å². The number of rotatable bonds is 0. The van der Waals surface area contributed by atoms with E-state index in [2.05, 4.69) is 12.2 Å². The maximum Gasteiger partial charge on any atom is 0.0648 e. The summed E-state index contributed by atoms with van der Waals surface area (Å²) < 4.78 is 10.9. The van der Waals surface area contributed by atoms with Crippen LogP contribution >= 0.6 is 0 Å². The van der Waals surface area contributed by atoms with Crippen LogP contribution in [0.3, 0.4) is 0 Å². The Morgan fingerprint density at radius 3 is 1.40 bits per heavy atom. The summed E-state index contributed by atoms with van der Waals surface area (Å²) in [5, 5.41) is 0. The second-order valence-corrected chi connectivity index (χ2v) is 4.10. The van der Waals surface area contributed by atoms with Crippen molar-refractivity contribution >= 4 is 0 Å². The smallest absolute Gasteiger partial charge is 0.0648 e. The molecule has 0 radical (unpaired) electrons. The van der Waals surface area contributed by atoms with Crippen LogP contribution < -0.4 is 0 Å². The summed E-state index contributed by atoms with van der Waals surface area (Å²) >= 11 is 0. The predicted molar refractivity (Wildman–Crippen MR) is 63.1 cm³/mol. The summed E-state index contributed by atoms with van der Waals surface area (Å²) in [5.41, 5.74) is 0. The van der Waals surface area contributed by atoms with Crippen molar-refractivity contribution in [3.63, 3.8) is 0 Å². The molecule has 0 atom stereocenters. The van der Waals surface area contributed by atoms with Crippen molar-refractivity contribution in [1.82, 2.24) is 0 Å². The van der Waals surface area contributed by atoms with E-state index < -0.39 is 0 Å². The molecule has 1 aliphatic heterocycles. The molecule has 0 fully saturated rings. The molecule has 1 rings (SSSR count). The van der Waals surface area contributed by atoms with Crippen molar-refractivity contribution < 1.29 is 9.47 Å². The minimum absolute atomic E-state index is 0.739. The summed E-state index contributed by atoms with van der Waals surface area (Å²) in [4.78, 5) is 0. The lowest BCUT2D eigenvalue weighted by Gasteiger charge is -2.02. The average molecular weight is 212 g/mol. The van der Waals surface area contributed by atoms with Gasteiger partial charge in [-0.15, -0.1) is 0 Å². The summed E-state index contributed by atoms with van der Waals surface area (Å²) in [6.07, 6.45) is 13.3. The Labute approximate surface area is 93.7 Å². The van der Waals surface area contributed by atoms with E-state index >= 15 is 0 Å². The van der Waals surface area contributed by atoms with Gasteiger partial charge in [-0.2, -0.15) is 0 Å². The highest BCUT2D eigenvalue weighted by Gasteiger charge is 1.93. The number of hydrogen-bond acceptors (Lipinski definition) is 2. The molecule has 0 aromatic rings. The van der Waals surface area contributed by atoms with Gasteiger partial charge in [0.15, 0.2) is 0 Å². The van der Waals surface area contributed by atoms with E-state index in [4.69, 9.17) is 9.47 Å². The summed E-state index contributed by atoms with van der Waals surface area (Å²) in [5.74, 6) is 0. The molecule has 0 saturated heterocycles. The first-order valence-electron chi connectivity index (χ1n) is 6.30. The van der Waals surface area contributed by atoms with Crippen molar-refractivity contribution in [3.05, 3.63) is 12.2 Å². The molecule has 2 heteroatoms. The standard InChI is InChI=1S/C13H24O2/c1-2-4-6-10-14-12-8-9-13-15-11-7-5-3-1/h8-9H,1-7,10-13H2/b9-8+. The van der Waals surface area contributed by atoms with Crippen molar-refractivity contribution in [2.45, 2.75) is 44.9 Å². The normalized spacial score (nSPS) is 25.1. The Balaban J connectivity index is 2.08. The Kier molecular flexibility index (Phi) is 8.64. The van der Waals surface area contributed by atoms with Gasteiger partial charge < -0.3 is 9.47 Å². The maximum absolute atomic E-state index is 5.47. The van der Waals surface area contributed by atoms with E-state index in [-0.39, 0.29) is 0 Å². The van der Waals surface area contributed by atoms with Crippen LogP contribution in [-0.2, 0) is 9.47 Å². The van der Waals surface area contributed by atoms with E-state index in [0.717, 1.165) is 26.4 Å².